The van der Waals surface area contributed by atoms with E-state index in [1.165, 1.54) is 10.8 Å². The SMILES string of the molecule is CC(C)(c1cc2ccccc2c(-c2ccccc2)n1)c1cc2ccccc2c(-c2ccccc2)n1. The molecule has 0 fully saturated rings. The van der Waals surface area contributed by atoms with E-state index in [0.717, 1.165) is 44.7 Å². The number of rotatable bonds is 4. The van der Waals surface area contributed by atoms with E-state index in [2.05, 4.69) is 123 Å². The van der Waals surface area contributed by atoms with Gasteiger partial charge >= 0.3 is 0 Å². The lowest BCUT2D eigenvalue weighted by molar-refractivity contribution is 0.599. The molecule has 2 aromatic heterocycles. The fraction of sp³-hybridized carbons (Fsp3) is 0.0909. The van der Waals surface area contributed by atoms with Crippen LogP contribution in [-0.4, -0.2) is 9.97 Å². The van der Waals surface area contributed by atoms with Gasteiger partial charge in [-0.2, -0.15) is 0 Å². The minimum Gasteiger partial charge on any atom is -0.251 e. The second kappa shape index (κ2) is 8.48. The van der Waals surface area contributed by atoms with Crippen LogP contribution >= 0.6 is 0 Å². The highest BCUT2D eigenvalue weighted by atomic mass is 14.8. The Hall–Kier alpha value is -4.30. The molecule has 0 spiro atoms. The van der Waals surface area contributed by atoms with Crippen LogP contribution in [0.5, 0.6) is 0 Å². The van der Waals surface area contributed by atoms with Crippen molar-refractivity contribution in [2.75, 3.05) is 0 Å². The highest BCUT2D eigenvalue weighted by molar-refractivity contribution is 5.96. The van der Waals surface area contributed by atoms with Crippen molar-refractivity contribution in [1.82, 2.24) is 9.97 Å². The molecule has 4 aromatic carbocycles. The molecule has 2 heterocycles. The zero-order valence-corrected chi connectivity index (χ0v) is 19.9. The first-order chi connectivity index (χ1) is 17.1. The Bertz CT molecular complexity index is 1530. The third-order valence-electron chi connectivity index (χ3n) is 6.86. The molecular formula is C33H26N2. The maximum absolute atomic E-state index is 5.26. The first-order valence-corrected chi connectivity index (χ1v) is 12.0. The van der Waals surface area contributed by atoms with Crippen molar-refractivity contribution in [2.45, 2.75) is 19.3 Å². The van der Waals surface area contributed by atoms with Gasteiger partial charge in [0.15, 0.2) is 0 Å². The minimum atomic E-state index is -0.402. The Labute approximate surface area is 206 Å². The Balaban J connectivity index is 1.59. The molecule has 0 saturated carbocycles. The summed E-state index contributed by atoms with van der Waals surface area (Å²) in [7, 11) is 0. The van der Waals surface area contributed by atoms with Crippen LogP contribution in [0.1, 0.15) is 25.2 Å². The van der Waals surface area contributed by atoms with Crippen LogP contribution in [0.25, 0.3) is 44.1 Å². The molecule has 0 amide bonds. The van der Waals surface area contributed by atoms with Crippen molar-refractivity contribution in [1.29, 1.82) is 0 Å². The first-order valence-electron chi connectivity index (χ1n) is 12.0. The van der Waals surface area contributed by atoms with Gasteiger partial charge in [0.05, 0.1) is 22.8 Å². The summed E-state index contributed by atoms with van der Waals surface area (Å²) in [5.41, 5.74) is 5.89. The van der Waals surface area contributed by atoms with Crippen LogP contribution in [0.15, 0.2) is 121 Å². The van der Waals surface area contributed by atoms with E-state index in [1.807, 2.05) is 12.1 Å². The topological polar surface area (TPSA) is 25.8 Å². The fourth-order valence-corrected chi connectivity index (χ4v) is 4.80. The van der Waals surface area contributed by atoms with Gasteiger partial charge in [-0.15, -0.1) is 0 Å². The highest BCUT2D eigenvalue weighted by Crippen LogP contribution is 2.37. The highest BCUT2D eigenvalue weighted by Gasteiger charge is 2.29. The van der Waals surface area contributed by atoms with Gasteiger partial charge in [-0.3, -0.25) is 9.97 Å². The normalized spacial score (nSPS) is 11.7. The Morgan fingerprint density at radius 1 is 0.457 bits per heavy atom. The average Bonchev–Trinajstić information content (AvgIpc) is 2.92. The third kappa shape index (κ3) is 3.77. The molecule has 0 aliphatic heterocycles. The molecule has 168 valence electrons. The molecule has 0 N–H and O–H groups in total. The predicted octanol–water partition coefficient (Wildman–Crippen LogP) is 8.44. The van der Waals surface area contributed by atoms with Gasteiger partial charge in [0.25, 0.3) is 0 Å². The number of hydrogen-bond donors (Lipinski definition) is 0. The number of pyridine rings is 2. The predicted molar refractivity (Wildman–Crippen MR) is 146 cm³/mol. The molecule has 6 aromatic rings. The molecule has 0 radical (unpaired) electrons. The van der Waals surface area contributed by atoms with E-state index in [-0.39, 0.29) is 0 Å². The number of benzene rings is 4. The number of hydrogen-bond acceptors (Lipinski definition) is 2. The summed E-state index contributed by atoms with van der Waals surface area (Å²) < 4.78 is 0. The smallest absolute Gasteiger partial charge is 0.0784 e. The Kier molecular flexibility index (Phi) is 5.15. The van der Waals surface area contributed by atoms with Gasteiger partial charge in [0, 0.05) is 27.3 Å². The van der Waals surface area contributed by atoms with Crippen LogP contribution in [0.3, 0.4) is 0 Å². The van der Waals surface area contributed by atoms with Crippen molar-refractivity contribution >= 4 is 21.5 Å². The maximum Gasteiger partial charge on any atom is 0.0784 e. The average molecular weight is 451 g/mol. The largest absolute Gasteiger partial charge is 0.251 e. The summed E-state index contributed by atoms with van der Waals surface area (Å²) in [5, 5.41) is 4.70. The van der Waals surface area contributed by atoms with E-state index in [0.29, 0.717) is 0 Å². The molecule has 0 bridgehead atoms. The van der Waals surface area contributed by atoms with Gasteiger partial charge < -0.3 is 0 Å². The van der Waals surface area contributed by atoms with E-state index in [4.69, 9.17) is 9.97 Å². The van der Waals surface area contributed by atoms with Crippen molar-refractivity contribution in [3.8, 4) is 22.5 Å². The summed E-state index contributed by atoms with van der Waals surface area (Å²) in [6.45, 7) is 4.45. The van der Waals surface area contributed by atoms with Crippen LogP contribution in [0.2, 0.25) is 0 Å². The molecule has 0 unspecified atom stereocenters. The molecule has 0 aliphatic carbocycles. The Morgan fingerprint density at radius 2 is 0.829 bits per heavy atom. The van der Waals surface area contributed by atoms with E-state index < -0.39 is 5.41 Å². The van der Waals surface area contributed by atoms with E-state index >= 15 is 0 Å². The molecule has 0 atom stereocenters. The molecule has 2 heteroatoms. The van der Waals surface area contributed by atoms with Gasteiger partial charge in [-0.1, -0.05) is 109 Å². The van der Waals surface area contributed by atoms with Crippen LogP contribution in [0.4, 0.5) is 0 Å². The quantitative estimate of drug-likeness (QED) is 0.269. The zero-order valence-electron chi connectivity index (χ0n) is 19.9. The summed E-state index contributed by atoms with van der Waals surface area (Å²) >= 11 is 0. The van der Waals surface area contributed by atoms with Crippen LogP contribution < -0.4 is 0 Å². The minimum absolute atomic E-state index is 0.402. The van der Waals surface area contributed by atoms with Gasteiger partial charge in [-0.05, 0) is 36.8 Å². The van der Waals surface area contributed by atoms with E-state index in [1.54, 1.807) is 0 Å². The molecular weight excluding hydrogens is 424 g/mol. The number of fused-ring (bicyclic) bond motifs is 2. The van der Waals surface area contributed by atoms with Gasteiger partial charge in [0.2, 0.25) is 0 Å². The lowest BCUT2D eigenvalue weighted by Gasteiger charge is -2.26. The maximum atomic E-state index is 5.26. The second-order valence-electron chi connectivity index (χ2n) is 9.51. The summed E-state index contributed by atoms with van der Waals surface area (Å²) in [5.74, 6) is 0. The summed E-state index contributed by atoms with van der Waals surface area (Å²) in [6.07, 6.45) is 0. The molecule has 0 aliphatic rings. The van der Waals surface area contributed by atoms with Crippen LogP contribution in [0, 0.1) is 0 Å². The van der Waals surface area contributed by atoms with Crippen molar-refractivity contribution in [3.05, 3.63) is 133 Å². The number of nitrogens with zero attached hydrogens (tertiary/aromatic N) is 2. The molecule has 35 heavy (non-hydrogen) atoms. The summed E-state index contributed by atoms with van der Waals surface area (Å²) in [4.78, 5) is 10.5. The van der Waals surface area contributed by atoms with Crippen molar-refractivity contribution in [3.63, 3.8) is 0 Å². The first kappa shape index (κ1) is 21.2. The van der Waals surface area contributed by atoms with Crippen molar-refractivity contribution in [2.24, 2.45) is 0 Å². The second-order valence-corrected chi connectivity index (χ2v) is 9.51. The Morgan fingerprint density at radius 3 is 1.26 bits per heavy atom. The van der Waals surface area contributed by atoms with Gasteiger partial charge in [-0.25, -0.2) is 0 Å². The van der Waals surface area contributed by atoms with E-state index in [9.17, 15) is 0 Å². The number of aromatic nitrogens is 2. The van der Waals surface area contributed by atoms with Crippen molar-refractivity contribution < 1.29 is 0 Å². The van der Waals surface area contributed by atoms with Gasteiger partial charge in [0.1, 0.15) is 0 Å². The molecule has 0 saturated heterocycles. The lowest BCUT2D eigenvalue weighted by atomic mass is 9.82. The fourth-order valence-electron chi connectivity index (χ4n) is 4.80. The zero-order chi connectivity index (χ0) is 23.8. The molecule has 2 nitrogen and oxygen atoms in total. The summed E-state index contributed by atoms with van der Waals surface area (Å²) in [6, 6.07) is 42.4. The third-order valence-corrected chi connectivity index (χ3v) is 6.86. The van der Waals surface area contributed by atoms with Crippen LogP contribution in [-0.2, 0) is 5.41 Å². The molecule has 6 rings (SSSR count). The lowest BCUT2D eigenvalue weighted by Crippen LogP contribution is -2.23. The monoisotopic (exact) mass is 450 g/mol. The standard InChI is InChI=1S/C33H26N2/c1-33(2,29-21-25-17-9-11-19-27(25)31(34-29)23-13-5-3-6-14-23)30-22-26-18-10-12-20-28(26)32(35-30)24-15-7-4-8-16-24/h3-22H,1-2H3.